The molecule has 0 atom stereocenters. The minimum Gasteiger partial charge on any atom is -0.312 e. The molecule has 2 N–H and O–H groups in total. The van der Waals surface area contributed by atoms with Crippen molar-refractivity contribution < 1.29 is 9.59 Å². The van der Waals surface area contributed by atoms with Gasteiger partial charge in [0.25, 0.3) is 0 Å². The molecule has 0 radical (unpaired) electrons. The molecule has 2 amide bonds. The lowest BCUT2D eigenvalue weighted by atomic mass is 9.91. The Hall–Kier alpha value is -2.04. The van der Waals surface area contributed by atoms with Crippen molar-refractivity contribution in [1.29, 1.82) is 0 Å². The second-order valence-corrected chi connectivity index (χ2v) is 4.97. The average Bonchev–Trinajstić information content (AvgIpc) is 2.47. The summed E-state index contributed by atoms with van der Waals surface area (Å²) in [5.41, 5.74) is -0.0846. The number of carbonyl (C=O) groups excluding carboxylic acids is 2. The molecule has 108 valence electrons. The van der Waals surface area contributed by atoms with Gasteiger partial charge in [-0.05, 0) is 23.2 Å². The summed E-state index contributed by atoms with van der Waals surface area (Å²) < 4.78 is 0. The molecule has 21 heavy (non-hydrogen) atoms. The van der Waals surface area contributed by atoms with Crippen molar-refractivity contribution in [2.45, 2.75) is 5.66 Å². The zero-order chi connectivity index (χ0) is 15.3. The van der Waals surface area contributed by atoms with E-state index < -0.39 is 16.4 Å². The molecule has 0 unspecified atom stereocenters. The maximum absolute atomic E-state index is 11.4. The van der Waals surface area contributed by atoms with Gasteiger partial charge in [0.2, 0.25) is 0 Å². The molecule has 0 heterocycles. The fourth-order valence-electron chi connectivity index (χ4n) is 2.16. The van der Waals surface area contributed by atoms with Gasteiger partial charge >= 0.3 is 10.7 Å². The van der Waals surface area contributed by atoms with Gasteiger partial charge in [0.1, 0.15) is 0 Å². The lowest BCUT2D eigenvalue weighted by molar-refractivity contribution is 0.234. The summed E-state index contributed by atoms with van der Waals surface area (Å²) in [6, 6.07) is 17.8. The summed E-state index contributed by atoms with van der Waals surface area (Å²) in [6.07, 6.45) is 0. The first-order chi connectivity index (χ1) is 10.0. The Morgan fingerprint density at radius 1 is 0.714 bits per heavy atom. The molecular formula is C15H12Cl2N2O2. The molecule has 0 bridgehead atoms. The highest BCUT2D eigenvalue weighted by Crippen LogP contribution is 2.28. The molecule has 0 fully saturated rings. The molecule has 6 heteroatoms. The van der Waals surface area contributed by atoms with Gasteiger partial charge in [-0.2, -0.15) is 0 Å². The Bertz CT molecular complexity index is 575. The molecular weight excluding hydrogens is 311 g/mol. The molecule has 2 rings (SSSR count). The number of rotatable bonds is 4. The number of hydrogen-bond donors (Lipinski definition) is 2. The Morgan fingerprint density at radius 3 is 1.33 bits per heavy atom. The SMILES string of the molecule is O=C(Cl)NC(NC(=O)Cl)(c1ccccc1)c1ccccc1. The Labute approximate surface area is 132 Å². The minimum absolute atomic E-state index is 0.624. The Kier molecular flexibility index (Phi) is 4.83. The van der Waals surface area contributed by atoms with Crippen LogP contribution in [-0.4, -0.2) is 10.7 Å². The molecule has 0 spiro atoms. The van der Waals surface area contributed by atoms with Crippen molar-refractivity contribution in [3.8, 4) is 0 Å². The summed E-state index contributed by atoms with van der Waals surface area (Å²) in [5.74, 6) is 0. The predicted octanol–water partition coefficient (Wildman–Crippen LogP) is 3.78. The van der Waals surface area contributed by atoms with Crippen LogP contribution >= 0.6 is 23.2 Å². The van der Waals surface area contributed by atoms with E-state index in [1.165, 1.54) is 0 Å². The first kappa shape index (κ1) is 15.4. The third-order valence-corrected chi connectivity index (χ3v) is 3.17. The number of amides is 2. The van der Waals surface area contributed by atoms with Gasteiger partial charge in [-0.3, -0.25) is 9.59 Å². The van der Waals surface area contributed by atoms with E-state index >= 15 is 0 Å². The highest BCUT2D eigenvalue weighted by atomic mass is 35.5. The second-order valence-electron chi connectivity index (χ2n) is 4.28. The van der Waals surface area contributed by atoms with Crippen LogP contribution in [0.1, 0.15) is 11.1 Å². The van der Waals surface area contributed by atoms with Crippen molar-refractivity contribution in [1.82, 2.24) is 10.6 Å². The first-order valence-electron chi connectivity index (χ1n) is 6.11. The van der Waals surface area contributed by atoms with Gasteiger partial charge in [-0.1, -0.05) is 60.7 Å². The molecule has 2 aromatic carbocycles. The standard InChI is InChI=1S/C15H12Cl2N2O2/c16-13(20)18-15(19-14(17)21,11-7-3-1-4-8-11)12-9-5-2-6-10-12/h1-10H,(H,18,20)(H,19,21). The van der Waals surface area contributed by atoms with Crippen molar-refractivity contribution >= 4 is 33.9 Å². The summed E-state index contributed by atoms with van der Waals surface area (Å²) in [7, 11) is 0. The molecule has 0 aliphatic rings. The van der Waals surface area contributed by atoms with Crippen molar-refractivity contribution in [3.63, 3.8) is 0 Å². The van der Waals surface area contributed by atoms with E-state index in [1.54, 1.807) is 48.5 Å². The Balaban J connectivity index is 2.64. The van der Waals surface area contributed by atoms with Crippen LogP contribution in [0.2, 0.25) is 0 Å². The van der Waals surface area contributed by atoms with Gasteiger partial charge in [-0.25, -0.2) is 0 Å². The number of hydrogen-bond acceptors (Lipinski definition) is 2. The van der Waals surface area contributed by atoms with Crippen LogP contribution in [-0.2, 0) is 5.66 Å². The third kappa shape index (κ3) is 3.54. The maximum atomic E-state index is 11.4. The van der Waals surface area contributed by atoms with Crippen LogP contribution in [0.15, 0.2) is 60.7 Å². The van der Waals surface area contributed by atoms with Crippen LogP contribution < -0.4 is 10.6 Å². The number of halogens is 2. The molecule has 0 aromatic heterocycles. The first-order valence-corrected chi connectivity index (χ1v) is 6.86. The summed E-state index contributed by atoms with van der Waals surface area (Å²) in [5, 5.41) is 3.51. The van der Waals surface area contributed by atoms with Crippen molar-refractivity contribution in [2.75, 3.05) is 0 Å². The van der Waals surface area contributed by atoms with E-state index in [4.69, 9.17) is 23.2 Å². The minimum atomic E-state index is -1.33. The van der Waals surface area contributed by atoms with Crippen LogP contribution in [0, 0.1) is 0 Å². The van der Waals surface area contributed by atoms with Gasteiger partial charge in [-0.15, -0.1) is 0 Å². The largest absolute Gasteiger partial charge is 0.316 e. The van der Waals surface area contributed by atoms with E-state index in [2.05, 4.69) is 10.6 Å². The van der Waals surface area contributed by atoms with E-state index in [0.29, 0.717) is 11.1 Å². The zero-order valence-corrected chi connectivity index (χ0v) is 12.4. The summed E-state index contributed by atoms with van der Waals surface area (Å²) in [4.78, 5) is 22.9. The smallest absolute Gasteiger partial charge is 0.312 e. The maximum Gasteiger partial charge on any atom is 0.316 e. The average molecular weight is 323 g/mol. The van der Waals surface area contributed by atoms with E-state index in [9.17, 15) is 9.59 Å². The van der Waals surface area contributed by atoms with E-state index in [-0.39, 0.29) is 0 Å². The topological polar surface area (TPSA) is 58.2 Å². The number of benzene rings is 2. The van der Waals surface area contributed by atoms with Crippen LogP contribution in [0.4, 0.5) is 9.59 Å². The van der Waals surface area contributed by atoms with Gasteiger partial charge in [0.05, 0.1) is 0 Å². The molecule has 4 nitrogen and oxygen atoms in total. The quantitative estimate of drug-likeness (QED) is 0.511. The highest BCUT2D eigenvalue weighted by molar-refractivity contribution is 6.64. The van der Waals surface area contributed by atoms with E-state index in [0.717, 1.165) is 0 Å². The molecule has 0 saturated carbocycles. The van der Waals surface area contributed by atoms with E-state index in [1.807, 2.05) is 12.1 Å². The zero-order valence-electron chi connectivity index (χ0n) is 10.8. The van der Waals surface area contributed by atoms with Gasteiger partial charge in [0.15, 0.2) is 5.66 Å². The summed E-state index contributed by atoms with van der Waals surface area (Å²) >= 11 is 11.0. The molecule has 0 aliphatic heterocycles. The third-order valence-electron chi connectivity index (χ3n) is 2.99. The fourth-order valence-corrected chi connectivity index (χ4v) is 2.44. The van der Waals surface area contributed by atoms with Crippen LogP contribution in [0.5, 0.6) is 0 Å². The normalized spacial score (nSPS) is 10.8. The predicted molar refractivity (Wildman–Crippen MR) is 82.4 cm³/mol. The van der Waals surface area contributed by atoms with Crippen LogP contribution in [0.3, 0.4) is 0 Å². The monoisotopic (exact) mass is 322 g/mol. The van der Waals surface area contributed by atoms with Gasteiger partial charge in [0, 0.05) is 11.1 Å². The number of carbonyl (C=O) groups is 2. The van der Waals surface area contributed by atoms with Crippen LogP contribution in [0.25, 0.3) is 0 Å². The number of nitrogens with one attached hydrogen (secondary N) is 2. The lowest BCUT2D eigenvalue weighted by Crippen LogP contribution is -2.56. The lowest BCUT2D eigenvalue weighted by Gasteiger charge is -2.35. The van der Waals surface area contributed by atoms with Gasteiger partial charge < -0.3 is 10.6 Å². The second kappa shape index (κ2) is 6.61. The van der Waals surface area contributed by atoms with Crippen molar-refractivity contribution in [2.24, 2.45) is 0 Å². The molecule has 0 aliphatic carbocycles. The summed E-state index contributed by atoms with van der Waals surface area (Å²) in [6.45, 7) is 0. The molecule has 2 aromatic rings. The highest BCUT2D eigenvalue weighted by Gasteiger charge is 2.37. The molecule has 0 saturated heterocycles. The fraction of sp³-hybridized carbons (Fsp3) is 0.0667. The Morgan fingerprint density at radius 2 is 1.05 bits per heavy atom. The van der Waals surface area contributed by atoms with Crippen molar-refractivity contribution in [3.05, 3.63) is 71.8 Å².